The zero-order valence-corrected chi connectivity index (χ0v) is 15.9. The average Bonchev–Trinajstić information content (AvgIpc) is 2.43. The maximum atomic E-state index is 11.4. The third kappa shape index (κ3) is 5.95. The zero-order chi connectivity index (χ0) is 18.7. The third-order valence-corrected chi connectivity index (χ3v) is 4.27. The van der Waals surface area contributed by atoms with Crippen molar-refractivity contribution in [3.05, 3.63) is 0 Å². The van der Waals surface area contributed by atoms with E-state index < -0.39 is 40.1 Å². The lowest BCUT2D eigenvalue weighted by Crippen LogP contribution is -2.54. The summed E-state index contributed by atoms with van der Waals surface area (Å²) >= 11 is 16.8. The van der Waals surface area contributed by atoms with Crippen LogP contribution in [-0.2, 0) is 28.5 Å². The van der Waals surface area contributed by atoms with E-state index in [-0.39, 0.29) is 18.4 Å². The van der Waals surface area contributed by atoms with Crippen LogP contribution in [0.25, 0.3) is 0 Å². The highest BCUT2D eigenvalue weighted by Gasteiger charge is 2.46. The molecule has 24 heavy (non-hydrogen) atoms. The van der Waals surface area contributed by atoms with Crippen molar-refractivity contribution in [2.45, 2.75) is 50.0 Å². The molecule has 1 aliphatic rings. The molecule has 0 aromatic rings. The van der Waals surface area contributed by atoms with Crippen molar-refractivity contribution < 1.29 is 28.5 Å². The van der Waals surface area contributed by atoms with Crippen LogP contribution < -0.4 is 0 Å². The maximum absolute atomic E-state index is 11.4. The van der Waals surface area contributed by atoms with Gasteiger partial charge in [-0.1, -0.05) is 48.7 Å². The van der Waals surface area contributed by atoms with Crippen LogP contribution in [0.1, 0.15) is 27.7 Å². The average molecular weight is 405 g/mol. The second-order valence-corrected chi connectivity index (χ2v) is 7.86. The van der Waals surface area contributed by atoms with E-state index >= 15 is 0 Å². The van der Waals surface area contributed by atoms with E-state index in [1.54, 1.807) is 0 Å². The third-order valence-electron chi connectivity index (χ3n) is 3.76. The van der Waals surface area contributed by atoms with Gasteiger partial charge in [0.2, 0.25) is 12.2 Å². The van der Waals surface area contributed by atoms with Crippen molar-refractivity contribution in [1.82, 2.24) is 0 Å². The molecule has 1 fully saturated rings. The number of hydrogen-bond acceptors (Lipinski definition) is 7. The SMILES string of the molecule is CC(=O)OCC1O[C@@H](OC(=N)C(Cl)(Cl)Cl)C(OC(C)=O)[C@H](C)[C@@H]1C. The number of halogens is 3. The van der Waals surface area contributed by atoms with E-state index in [0.29, 0.717) is 0 Å². The molecule has 2 unspecified atom stereocenters. The van der Waals surface area contributed by atoms with Gasteiger partial charge in [-0.2, -0.15) is 0 Å². The molecule has 0 amide bonds. The Morgan fingerprint density at radius 2 is 1.67 bits per heavy atom. The van der Waals surface area contributed by atoms with E-state index in [1.807, 2.05) is 13.8 Å². The minimum Gasteiger partial charge on any atom is -0.463 e. The van der Waals surface area contributed by atoms with E-state index in [4.69, 9.17) is 59.2 Å². The molecule has 10 heteroatoms. The first-order valence-electron chi connectivity index (χ1n) is 7.22. The second-order valence-electron chi connectivity index (χ2n) is 5.58. The van der Waals surface area contributed by atoms with Gasteiger partial charge in [0.25, 0.3) is 3.79 Å². The van der Waals surface area contributed by atoms with Crippen molar-refractivity contribution in [2.75, 3.05) is 6.61 Å². The number of ether oxygens (including phenoxy) is 4. The molecule has 1 saturated heterocycles. The Labute approximate surface area is 155 Å². The van der Waals surface area contributed by atoms with Crippen LogP contribution in [0.3, 0.4) is 0 Å². The first-order chi connectivity index (χ1) is 10.9. The summed E-state index contributed by atoms with van der Waals surface area (Å²) in [6.07, 6.45) is -2.49. The van der Waals surface area contributed by atoms with Crippen molar-refractivity contribution in [1.29, 1.82) is 5.41 Å². The lowest BCUT2D eigenvalue weighted by atomic mass is 9.83. The summed E-state index contributed by atoms with van der Waals surface area (Å²) < 4.78 is 19.1. The summed E-state index contributed by atoms with van der Waals surface area (Å²) in [6, 6.07) is 0. The Morgan fingerprint density at radius 1 is 1.08 bits per heavy atom. The quantitative estimate of drug-likeness (QED) is 0.335. The summed E-state index contributed by atoms with van der Waals surface area (Å²) in [5, 5.41) is 7.68. The summed E-state index contributed by atoms with van der Waals surface area (Å²) in [6.45, 7) is 6.22. The van der Waals surface area contributed by atoms with Crippen LogP contribution in [0.5, 0.6) is 0 Å². The van der Waals surface area contributed by atoms with Gasteiger partial charge in [0.1, 0.15) is 6.61 Å². The number of hydrogen-bond donors (Lipinski definition) is 1. The van der Waals surface area contributed by atoms with E-state index in [1.165, 1.54) is 13.8 Å². The van der Waals surface area contributed by atoms with Crippen LogP contribution in [0.2, 0.25) is 0 Å². The molecule has 0 aromatic heterocycles. The normalized spacial score (nSPS) is 30.4. The number of nitrogens with one attached hydrogen (secondary N) is 1. The van der Waals surface area contributed by atoms with Gasteiger partial charge in [0, 0.05) is 19.8 Å². The van der Waals surface area contributed by atoms with Gasteiger partial charge in [-0.3, -0.25) is 15.0 Å². The molecule has 0 saturated carbocycles. The lowest BCUT2D eigenvalue weighted by molar-refractivity contribution is -0.258. The standard InChI is InChI=1S/C14H20Cl3NO6/c1-6-7(2)11(22-9(4)20)12(24-13(18)14(15,16)17)23-10(6)5-21-8(3)19/h6-7,10-12,18H,5H2,1-4H3/t6-,7+,10?,11?,12-/m0/s1. The Morgan fingerprint density at radius 3 is 2.12 bits per heavy atom. The fourth-order valence-electron chi connectivity index (χ4n) is 2.28. The number of alkyl halides is 3. The smallest absolute Gasteiger partial charge is 0.303 e. The second kappa shape index (κ2) is 8.56. The fourth-order valence-corrected chi connectivity index (χ4v) is 2.42. The molecule has 7 nitrogen and oxygen atoms in total. The summed E-state index contributed by atoms with van der Waals surface area (Å²) in [7, 11) is 0. The van der Waals surface area contributed by atoms with Gasteiger partial charge in [-0.05, 0) is 5.92 Å². The molecule has 0 aromatic carbocycles. The van der Waals surface area contributed by atoms with Gasteiger partial charge in [0.05, 0.1) is 6.10 Å². The van der Waals surface area contributed by atoms with Crippen molar-refractivity contribution in [3.8, 4) is 0 Å². The molecule has 1 aliphatic heterocycles. The lowest BCUT2D eigenvalue weighted by Gasteiger charge is -2.43. The number of carbonyl (C=O) groups is 2. The highest BCUT2D eigenvalue weighted by Crippen LogP contribution is 2.36. The molecule has 1 N–H and O–H groups in total. The van der Waals surface area contributed by atoms with Crippen LogP contribution in [-0.4, -0.2) is 46.7 Å². The monoisotopic (exact) mass is 403 g/mol. The molecule has 0 spiro atoms. The first kappa shape index (κ1) is 21.3. The van der Waals surface area contributed by atoms with Gasteiger partial charge in [-0.25, -0.2) is 0 Å². The van der Waals surface area contributed by atoms with Crippen molar-refractivity contribution in [3.63, 3.8) is 0 Å². The Balaban J connectivity index is 2.95. The predicted molar refractivity (Wildman–Crippen MR) is 88.3 cm³/mol. The summed E-state index contributed by atoms with van der Waals surface area (Å²) in [4.78, 5) is 22.4. The van der Waals surface area contributed by atoms with Crippen LogP contribution in [0.4, 0.5) is 0 Å². The first-order valence-corrected chi connectivity index (χ1v) is 8.35. The highest BCUT2D eigenvalue weighted by atomic mass is 35.6. The summed E-state index contributed by atoms with van der Waals surface area (Å²) in [5.74, 6) is -1.98. The van der Waals surface area contributed by atoms with E-state index in [9.17, 15) is 9.59 Å². The molecule has 0 bridgehead atoms. The van der Waals surface area contributed by atoms with Crippen molar-refractivity contribution >= 4 is 52.6 Å². The molecule has 138 valence electrons. The van der Waals surface area contributed by atoms with Crippen LogP contribution in [0.15, 0.2) is 0 Å². The van der Waals surface area contributed by atoms with Crippen LogP contribution >= 0.6 is 34.8 Å². The van der Waals surface area contributed by atoms with Gasteiger partial charge >= 0.3 is 11.9 Å². The van der Waals surface area contributed by atoms with Crippen molar-refractivity contribution in [2.24, 2.45) is 11.8 Å². The topological polar surface area (TPSA) is 94.9 Å². The largest absolute Gasteiger partial charge is 0.463 e. The number of esters is 2. The Hall–Kier alpha value is -0.760. The molecule has 1 rings (SSSR count). The Bertz CT molecular complexity index is 493. The summed E-state index contributed by atoms with van der Waals surface area (Å²) in [5.41, 5.74) is 0. The molecule has 5 atom stereocenters. The predicted octanol–water partition coefficient (Wildman–Crippen LogP) is 2.84. The minimum atomic E-state index is -2.08. The highest BCUT2D eigenvalue weighted by molar-refractivity contribution is 6.76. The molecular formula is C14H20Cl3NO6. The zero-order valence-electron chi connectivity index (χ0n) is 13.7. The number of carbonyl (C=O) groups excluding carboxylic acids is 2. The van der Waals surface area contributed by atoms with Gasteiger partial charge in [-0.15, -0.1) is 0 Å². The van der Waals surface area contributed by atoms with Crippen LogP contribution in [0, 0.1) is 17.2 Å². The van der Waals surface area contributed by atoms with E-state index in [0.717, 1.165) is 0 Å². The minimum absolute atomic E-state index is 0.00536. The van der Waals surface area contributed by atoms with Gasteiger partial charge in [0.15, 0.2) is 6.10 Å². The molecule has 1 heterocycles. The fraction of sp³-hybridized carbons (Fsp3) is 0.786. The maximum Gasteiger partial charge on any atom is 0.303 e. The molecule has 0 aliphatic carbocycles. The molecular weight excluding hydrogens is 385 g/mol. The Kier molecular flexibility index (Phi) is 7.59. The van der Waals surface area contributed by atoms with E-state index in [2.05, 4.69) is 0 Å². The number of rotatable bonds is 4. The van der Waals surface area contributed by atoms with Gasteiger partial charge < -0.3 is 18.9 Å². The molecule has 0 radical (unpaired) electrons.